The molecule has 0 aromatic carbocycles. The number of nitriles is 1. The molecule has 0 amide bonds. The zero-order valence-corrected chi connectivity index (χ0v) is 8.02. The molecule has 74 valence electrons. The van der Waals surface area contributed by atoms with E-state index < -0.39 is 6.29 Å². The Bertz CT molecular complexity index is 356. The highest BCUT2D eigenvalue weighted by Gasteiger charge is 2.11. The molecule has 5 heteroatoms. The molecule has 0 saturated carbocycles. The minimum Gasteiger partial charge on any atom is -0.383 e. The smallest absolute Gasteiger partial charge is 0.184 e. The summed E-state index contributed by atoms with van der Waals surface area (Å²) in [5.74, 6) is 0.210. The van der Waals surface area contributed by atoms with Gasteiger partial charge >= 0.3 is 0 Å². The van der Waals surface area contributed by atoms with Crippen LogP contribution < -0.4 is 5.73 Å². The fourth-order valence-corrected chi connectivity index (χ4v) is 1.08. The van der Waals surface area contributed by atoms with Gasteiger partial charge in [0.1, 0.15) is 11.9 Å². The molecule has 0 aliphatic carbocycles. The third kappa shape index (κ3) is 1.99. The van der Waals surface area contributed by atoms with Gasteiger partial charge in [-0.25, -0.2) is 4.98 Å². The molecule has 0 bridgehead atoms. The van der Waals surface area contributed by atoms with Gasteiger partial charge in [-0.05, 0) is 6.07 Å². The number of hydrogen-bond acceptors (Lipinski definition) is 5. The third-order valence-electron chi connectivity index (χ3n) is 1.76. The summed E-state index contributed by atoms with van der Waals surface area (Å²) in [6, 6.07) is 3.54. The van der Waals surface area contributed by atoms with Crippen molar-refractivity contribution in [1.29, 1.82) is 5.26 Å². The Morgan fingerprint density at radius 1 is 1.50 bits per heavy atom. The number of hydrogen-bond donors (Lipinski definition) is 1. The molecule has 2 N–H and O–H groups in total. The van der Waals surface area contributed by atoms with Crippen LogP contribution in [0.2, 0.25) is 0 Å². The Kier molecular flexibility index (Phi) is 3.40. The highest BCUT2D eigenvalue weighted by molar-refractivity contribution is 5.49. The molecule has 0 unspecified atom stereocenters. The average molecular weight is 193 g/mol. The Morgan fingerprint density at radius 2 is 2.14 bits per heavy atom. The summed E-state index contributed by atoms with van der Waals surface area (Å²) in [5, 5.41) is 8.72. The minimum atomic E-state index is -0.518. The summed E-state index contributed by atoms with van der Waals surface area (Å²) >= 11 is 0. The van der Waals surface area contributed by atoms with Gasteiger partial charge in [-0.15, -0.1) is 0 Å². The quantitative estimate of drug-likeness (QED) is 0.719. The van der Waals surface area contributed by atoms with Gasteiger partial charge in [0, 0.05) is 26.0 Å². The van der Waals surface area contributed by atoms with Gasteiger partial charge in [0.25, 0.3) is 0 Å². The van der Waals surface area contributed by atoms with Crippen LogP contribution in [0.4, 0.5) is 5.82 Å². The summed E-state index contributed by atoms with van der Waals surface area (Å²) in [6.45, 7) is 0. The van der Waals surface area contributed by atoms with Crippen molar-refractivity contribution >= 4 is 5.82 Å². The van der Waals surface area contributed by atoms with Gasteiger partial charge in [0.05, 0.1) is 5.56 Å². The fourth-order valence-electron chi connectivity index (χ4n) is 1.08. The number of aromatic nitrogens is 1. The molecule has 5 nitrogen and oxygen atoms in total. The lowest BCUT2D eigenvalue weighted by Gasteiger charge is -2.13. The van der Waals surface area contributed by atoms with E-state index in [1.165, 1.54) is 20.4 Å². The van der Waals surface area contributed by atoms with Crippen LogP contribution in [0.15, 0.2) is 12.3 Å². The molecule has 1 aromatic rings. The molecule has 0 fully saturated rings. The van der Waals surface area contributed by atoms with Crippen LogP contribution >= 0.6 is 0 Å². The van der Waals surface area contributed by atoms with E-state index in [1.807, 2.05) is 6.07 Å². The summed E-state index contributed by atoms with van der Waals surface area (Å²) in [6.07, 6.45) is 1.00. The predicted molar refractivity (Wildman–Crippen MR) is 50.1 cm³/mol. The van der Waals surface area contributed by atoms with E-state index in [1.54, 1.807) is 6.07 Å². The molecular formula is C9H11N3O2. The first-order chi connectivity index (χ1) is 6.72. The first kappa shape index (κ1) is 10.4. The lowest BCUT2D eigenvalue weighted by molar-refractivity contribution is -0.106. The largest absolute Gasteiger partial charge is 0.383 e. The van der Waals surface area contributed by atoms with E-state index in [4.69, 9.17) is 20.5 Å². The van der Waals surface area contributed by atoms with Crippen LogP contribution in [0.5, 0.6) is 0 Å². The van der Waals surface area contributed by atoms with Gasteiger partial charge in [-0.2, -0.15) is 5.26 Å². The van der Waals surface area contributed by atoms with Crippen molar-refractivity contribution in [2.75, 3.05) is 20.0 Å². The second-order valence-corrected chi connectivity index (χ2v) is 2.62. The molecule has 0 aliphatic heterocycles. The molecule has 1 heterocycles. The molecule has 1 rings (SSSR count). The number of nitrogens with two attached hydrogens (primary N) is 1. The number of nitrogen functional groups attached to an aromatic ring is 1. The lowest BCUT2D eigenvalue weighted by atomic mass is 10.2. The van der Waals surface area contributed by atoms with Crippen molar-refractivity contribution in [3.8, 4) is 6.07 Å². The van der Waals surface area contributed by atoms with Crippen LogP contribution in [0, 0.1) is 11.3 Å². The zero-order valence-electron chi connectivity index (χ0n) is 8.02. The second-order valence-electron chi connectivity index (χ2n) is 2.62. The maximum atomic E-state index is 8.72. The molecule has 0 spiro atoms. The summed E-state index contributed by atoms with van der Waals surface area (Å²) in [4.78, 5) is 3.86. The first-order valence-electron chi connectivity index (χ1n) is 3.94. The maximum Gasteiger partial charge on any atom is 0.184 e. The van der Waals surface area contributed by atoms with Crippen molar-refractivity contribution in [2.24, 2.45) is 0 Å². The Hall–Kier alpha value is -1.64. The van der Waals surface area contributed by atoms with Crippen molar-refractivity contribution in [3.05, 3.63) is 23.4 Å². The van der Waals surface area contributed by atoms with Crippen LogP contribution in [-0.4, -0.2) is 19.2 Å². The molecule has 0 atom stereocenters. The van der Waals surface area contributed by atoms with Gasteiger partial charge < -0.3 is 15.2 Å². The Labute approximate surface area is 82.1 Å². The van der Waals surface area contributed by atoms with Gasteiger partial charge in [0.2, 0.25) is 0 Å². The van der Waals surface area contributed by atoms with E-state index in [9.17, 15) is 0 Å². The number of nitrogens with zero attached hydrogens (tertiary/aromatic N) is 2. The van der Waals surface area contributed by atoms with Crippen LogP contribution in [0.25, 0.3) is 0 Å². The summed E-state index contributed by atoms with van der Waals surface area (Å²) in [7, 11) is 3.02. The lowest BCUT2D eigenvalue weighted by Crippen LogP contribution is -2.06. The van der Waals surface area contributed by atoms with Crippen LogP contribution in [0.3, 0.4) is 0 Å². The number of anilines is 1. The first-order valence-corrected chi connectivity index (χ1v) is 3.94. The summed E-state index contributed by atoms with van der Waals surface area (Å²) in [5.41, 5.74) is 6.46. The molecule has 0 saturated heterocycles. The fraction of sp³-hybridized carbons (Fsp3) is 0.333. The maximum absolute atomic E-state index is 8.72. The topological polar surface area (TPSA) is 81.2 Å². The number of methoxy groups -OCH3 is 2. The molecule has 14 heavy (non-hydrogen) atoms. The molecular weight excluding hydrogens is 182 g/mol. The number of rotatable bonds is 3. The number of pyridine rings is 1. The van der Waals surface area contributed by atoms with E-state index in [0.717, 1.165) is 0 Å². The minimum absolute atomic E-state index is 0.210. The third-order valence-corrected chi connectivity index (χ3v) is 1.76. The standard InChI is InChI=1S/C9H11N3O2/c1-13-9(14-2)7-3-6(4-10)8(11)12-5-7/h3,5,9H,1-2H3,(H2,11,12). The summed E-state index contributed by atoms with van der Waals surface area (Å²) < 4.78 is 10.0. The van der Waals surface area contributed by atoms with Crippen molar-refractivity contribution < 1.29 is 9.47 Å². The van der Waals surface area contributed by atoms with E-state index in [2.05, 4.69) is 4.98 Å². The monoisotopic (exact) mass is 193 g/mol. The highest BCUT2D eigenvalue weighted by atomic mass is 16.7. The Balaban J connectivity index is 3.06. The van der Waals surface area contributed by atoms with Crippen molar-refractivity contribution in [1.82, 2.24) is 4.98 Å². The van der Waals surface area contributed by atoms with E-state index >= 15 is 0 Å². The average Bonchev–Trinajstić information content (AvgIpc) is 2.22. The van der Waals surface area contributed by atoms with Crippen molar-refractivity contribution in [2.45, 2.75) is 6.29 Å². The van der Waals surface area contributed by atoms with Crippen LogP contribution in [-0.2, 0) is 9.47 Å². The van der Waals surface area contributed by atoms with Gasteiger partial charge in [-0.3, -0.25) is 0 Å². The van der Waals surface area contributed by atoms with Crippen LogP contribution in [0.1, 0.15) is 17.4 Å². The van der Waals surface area contributed by atoms with E-state index in [0.29, 0.717) is 11.1 Å². The normalized spacial score (nSPS) is 10.1. The van der Waals surface area contributed by atoms with Crippen molar-refractivity contribution in [3.63, 3.8) is 0 Å². The Morgan fingerprint density at radius 3 is 2.64 bits per heavy atom. The molecule has 0 radical (unpaired) electrons. The second kappa shape index (κ2) is 4.56. The zero-order chi connectivity index (χ0) is 10.6. The highest BCUT2D eigenvalue weighted by Crippen LogP contribution is 2.19. The van der Waals surface area contributed by atoms with E-state index in [-0.39, 0.29) is 5.82 Å². The predicted octanol–water partition coefficient (Wildman–Crippen LogP) is 0.827. The molecule has 0 aliphatic rings. The molecule has 1 aromatic heterocycles. The van der Waals surface area contributed by atoms with Gasteiger partial charge in [0.15, 0.2) is 6.29 Å². The SMILES string of the molecule is COC(OC)c1cnc(N)c(C#N)c1. The van der Waals surface area contributed by atoms with Gasteiger partial charge in [-0.1, -0.05) is 0 Å². The number of ether oxygens (including phenoxy) is 2.